The second kappa shape index (κ2) is 7.56. The summed E-state index contributed by atoms with van der Waals surface area (Å²) in [5.74, 6) is -1.07. The fourth-order valence-corrected chi connectivity index (χ4v) is 2.22. The summed E-state index contributed by atoms with van der Waals surface area (Å²) in [7, 11) is 0. The molecule has 4 heteroatoms. The van der Waals surface area contributed by atoms with Crippen LogP contribution < -0.4 is 5.73 Å². The highest BCUT2D eigenvalue weighted by Crippen LogP contribution is 2.23. The van der Waals surface area contributed by atoms with Crippen LogP contribution in [0.2, 0.25) is 0 Å². The van der Waals surface area contributed by atoms with Crippen molar-refractivity contribution in [1.29, 1.82) is 0 Å². The second-order valence-electron chi connectivity index (χ2n) is 5.03. The van der Waals surface area contributed by atoms with Gasteiger partial charge >= 0.3 is 0 Å². The Hall–Kier alpha value is -1.00. The van der Waals surface area contributed by atoms with Crippen molar-refractivity contribution >= 4 is 0 Å². The molecule has 0 radical (unpaired) electrons. The minimum atomic E-state index is -0.815. The number of rotatable bonds is 7. The number of likely N-dealkylation sites (N-methyl/N-ethyl adjacent to an activating group) is 1. The van der Waals surface area contributed by atoms with E-state index >= 15 is 0 Å². The van der Waals surface area contributed by atoms with Gasteiger partial charge in [-0.1, -0.05) is 33.3 Å². The van der Waals surface area contributed by atoms with Crippen molar-refractivity contribution in [2.45, 2.75) is 33.2 Å². The molecular weight excluding hydrogens is 246 g/mol. The molecule has 0 spiro atoms. The van der Waals surface area contributed by atoms with Gasteiger partial charge in [-0.25, -0.2) is 8.78 Å². The predicted octanol–water partition coefficient (Wildman–Crippen LogP) is 3.33. The Labute approximate surface area is 114 Å². The molecule has 0 saturated heterocycles. The lowest BCUT2D eigenvalue weighted by Gasteiger charge is -2.32. The van der Waals surface area contributed by atoms with E-state index in [-0.39, 0.29) is 6.04 Å². The first-order chi connectivity index (χ1) is 9.03. The Kier molecular flexibility index (Phi) is 6.38. The third kappa shape index (κ3) is 4.25. The Bertz CT molecular complexity index is 396. The summed E-state index contributed by atoms with van der Waals surface area (Å²) in [5, 5.41) is 0. The van der Waals surface area contributed by atoms with E-state index in [1.165, 1.54) is 12.1 Å². The van der Waals surface area contributed by atoms with Gasteiger partial charge in [0.05, 0.1) is 0 Å². The molecule has 2 atom stereocenters. The van der Waals surface area contributed by atoms with E-state index in [2.05, 4.69) is 25.7 Å². The second-order valence-corrected chi connectivity index (χ2v) is 5.03. The van der Waals surface area contributed by atoms with Crippen molar-refractivity contribution < 1.29 is 8.78 Å². The highest BCUT2D eigenvalue weighted by molar-refractivity contribution is 5.21. The summed E-state index contributed by atoms with van der Waals surface area (Å²) >= 11 is 0. The van der Waals surface area contributed by atoms with E-state index in [0.29, 0.717) is 12.5 Å². The van der Waals surface area contributed by atoms with Crippen LogP contribution in [0.3, 0.4) is 0 Å². The zero-order valence-electron chi connectivity index (χ0n) is 12.0. The molecule has 0 aliphatic rings. The fourth-order valence-electron chi connectivity index (χ4n) is 2.22. The first-order valence-corrected chi connectivity index (χ1v) is 6.92. The maximum Gasteiger partial charge on any atom is 0.159 e. The lowest BCUT2D eigenvalue weighted by molar-refractivity contribution is 0.182. The first-order valence-electron chi connectivity index (χ1n) is 6.92. The van der Waals surface area contributed by atoms with Gasteiger partial charge in [-0.15, -0.1) is 0 Å². The smallest absolute Gasteiger partial charge is 0.159 e. The molecule has 0 aliphatic heterocycles. The standard InChI is InChI=1S/C15H24F2N2/c1-4-11(3)10-19(5-2)15(9-18)12-6-7-13(16)14(17)8-12/h6-8,11,15H,4-5,9-10,18H2,1-3H3. The number of nitrogens with two attached hydrogens (primary N) is 1. The number of hydrogen-bond acceptors (Lipinski definition) is 2. The molecule has 19 heavy (non-hydrogen) atoms. The van der Waals surface area contributed by atoms with Crippen molar-refractivity contribution in [3.63, 3.8) is 0 Å². The van der Waals surface area contributed by atoms with E-state index in [1.54, 1.807) is 6.07 Å². The van der Waals surface area contributed by atoms with Crippen LogP contribution in [0.25, 0.3) is 0 Å². The molecule has 1 aromatic carbocycles. The number of nitrogens with zero attached hydrogens (tertiary/aromatic N) is 1. The Morgan fingerprint density at radius 1 is 1.21 bits per heavy atom. The zero-order valence-corrected chi connectivity index (χ0v) is 12.0. The Morgan fingerprint density at radius 2 is 1.89 bits per heavy atom. The topological polar surface area (TPSA) is 29.3 Å². The third-order valence-electron chi connectivity index (χ3n) is 3.64. The van der Waals surface area contributed by atoms with Crippen LogP contribution in [-0.2, 0) is 0 Å². The van der Waals surface area contributed by atoms with Crippen LogP contribution in [0.5, 0.6) is 0 Å². The number of hydrogen-bond donors (Lipinski definition) is 1. The third-order valence-corrected chi connectivity index (χ3v) is 3.64. The van der Waals surface area contributed by atoms with Crippen LogP contribution in [-0.4, -0.2) is 24.5 Å². The Balaban J connectivity index is 2.93. The molecule has 0 saturated carbocycles. The molecule has 1 rings (SSSR count). The van der Waals surface area contributed by atoms with Crippen LogP contribution in [0.4, 0.5) is 8.78 Å². The number of halogens is 2. The maximum absolute atomic E-state index is 13.3. The van der Waals surface area contributed by atoms with E-state index in [4.69, 9.17) is 5.73 Å². The minimum absolute atomic E-state index is 0.0610. The molecule has 1 aromatic rings. The van der Waals surface area contributed by atoms with E-state index in [1.807, 2.05) is 0 Å². The summed E-state index contributed by atoms with van der Waals surface area (Å²) in [6, 6.07) is 3.99. The predicted molar refractivity (Wildman–Crippen MR) is 74.9 cm³/mol. The van der Waals surface area contributed by atoms with Crippen molar-refractivity contribution in [2.24, 2.45) is 11.7 Å². The summed E-state index contributed by atoms with van der Waals surface area (Å²) in [5.41, 5.74) is 6.57. The molecule has 2 N–H and O–H groups in total. The van der Waals surface area contributed by atoms with Gasteiger partial charge in [-0.05, 0) is 30.2 Å². The monoisotopic (exact) mass is 270 g/mol. The molecule has 0 heterocycles. The molecule has 2 nitrogen and oxygen atoms in total. The van der Waals surface area contributed by atoms with Crippen LogP contribution in [0.15, 0.2) is 18.2 Å². The Morgan fingerprint density at radius 3 is 2.37 bits per heavy atom. The SMILES string of the molecule is CCC(C)CN(CC)C(CN)c1ccc(F)c(F)c1. The van der Waals surface area contributed by atoms with Crippen LogP contribution >= 0.6 is 0 Å². The van der Waals surface area contributed by atoms with Crippen molar-refractivity contribution in [3.8, 4) is 0 Å². The van der Waals surface area contributed by atoms with E-state index in [0.717, 1.165) is 25.1 Å². The van der Waals surface area contributed by atoms with Crippen molar-refractivity contribution in [2.75, 3.05) is 19.6 Å². The lowest BCUT2D eigenvalue weighted by Crippen LogP contribution is -2.36. The van der Waals surface area contributed by atoms with Gasteiger partial charge in [-0.3, -0.25) is 4.90 Å². The van der Waals surface area contributed by atoms with Gasteiger partial charge in [0.2, 0.25) is 0 Å². The minimum Gasteiger partial charge on any atom is -0.329 e. The summed E-state index contributed by atoms with van der Waals surface area (Å²) < 4.78 is 26.3. The van der Waals surface area contributed by atoms with Gasteiger partial charge in [-0.2, -0.15) is 0 Å². The van der Waals surface area contributed by atoms with E-state index in [9.17, 15) is 8.78 Å². The van der Waals surface area contributed by atoms with Crippen molar-refractivity contribution in [1.82, 2.24) is 4.90 Å². The molecular formula is C15H24F2N2. The average Bonchev–Trinajstić information content (AvgIpc) is 2.41. The summed E-state index contributed by atoms with van der Waals surface area (Å²) in [6.07, 6.45) is 1.09. The average molecular weight is 270 g/mol. The van der Waals surface area contributed by atoms with Crippen molar-refractivity contribution in [3.05, 3.63) is 35.4 Å². The molecule has 0 bridgehead atoms. The quantitative estimate of drug-likeness (QED) is 0.823. The van der Waals surface area contributed by atoms with Gasteiger partial charge in [0, 0.05) is 19.1 Å². The molecule has 0 aliphatic carbocycles. The molecule has 0 aromatic heterocycles. The van der Waals surface area contributed by atoms with Gasteiger partial charge in [0.1, 0.15) is 0 Å². The van der Waals surface area contributed by atoms with E-state index < -0.39 is 11.6 Å². The molecule has 108 valence electrons. The summed E-state index contributed by atoms with van der Waals surface area (Å²) in [6.45, 7) is 8.54. The number of benzene rings is 1. The maximum atomic E-state index is 13.3. The van der Waals surface area contributed by atoms with Crippen LogP contribution in [0.1, 0.15) is 38.8 Å². The van der Waals surface area contributed by atoms with Crippen LogP contribution in [0, 0.1) is 17.6 Å². The molecule has 0 fully saturated rings. The molecule has 0 amide bonds. The summed E-state index contributed by atoms with van der Waals surface area (Å²) in [4.78, 5) is 2.22. The largest absolute Gasteiger partial charge is 0.329 e. The fraction of sp³-hybridized carbons (Fsp3) is 0.600. The van der Waals surface area contributed by atoms with Gasteiger partial charge in [0.25, 0.3) is 0 Å². The molecule has 2 unspecified atom stereocenters. The zero-order chi connectivity index (χ0) is 14.4. The van der Waals surface area contributed by atoms with Gasteiger partial charge < -0.3 is 5.73 Å². The first kappa shape index (κ1) is 16.1. The normalized spacial score (nSPS) is 14.7. The highest BCUT2D eigenvalue weighted by atomic mass is 19.2. The highest BCUT2D eigenvalue weighted by Gasteiger charge is 2.20. The van der Waals surface area contributed by atoms with Gasteiger partial charge in [0.15, 0.2) is 11.6 Å². The lowest BCUT2D eigenvalue weighted by atomic mass is 10.0.